The Morgan fingerprint density at radius 3 is 2.50 bits per heavy atom. The standard InChI is InChI=1S/C20H17BrN2O/c21-18-11-9-16(10-12-18)15-24-20-8-4-5-17(13-20)14-22-23-19-6-2-1-3-7-19/h1-14,23H,15H2. The fourth-order valence-electron chi connectivity index (χ4n) is 2.13. The minimum atomic E-state index is 0.538. The minimum absolute atomic E-state index is 0.538. The second kappa shape index (κ2) is 8.31. The van der Waals surface area contributed by atoms with Crippen LogP contribution < -0.4 is 10.2 Å². The number of nitrogens with one attached hydrogen (secondary N) is 1. The molecule has 0 aliphatic rings. The number of hydrogen-bond donors (Lipinski definition) is 1. The number of benzene rings is 3. The van der Waals surface area contributed by atoms with Crippen LogP contribution >= 0.6 is 15.9 Å². The van der Waals surface area contributed by atoms with E-state index in [-0.39, 0.29) is 0 Å². The van der Waals surface area contributed by atoms with Gasteiger partial charge in [0.15, 0.2) is 0 Å². The lowest BCUT2D eigenvalue weighted by atomic mass is 10.2. The Bertz CT molecular complexity index is 801. The number of hydrazone groups is 1. The van der Waals surface area contributed by atoms with Crippen LogP contribution in [0.25, 0.3) is 0 Å². The SMILES string of the molecule is Brc1ccc(COc2cccc(C=NNc3ccccc3)c2)cc1. The molecule has 0 aromatic heterocycles. The van der Waals surface area contributed by atoms with Crippen LogP contribution in [-0.2, 0) is 6.61 Å². The quantitative estimate of drug-likeness (QED) is 0.454. The third-order valence-corrected chi connectivity index (χ3v) is 3.89. The summed E-state index contributed by atoms with van der Waals surface area (Å²) in [5.74, 6) is 0.821. The molecular formula is C20H17BrN2O. The lowest BCUT2D eigenvalue weighted by Gasteiger charge is -2.07. The molecule has 0 amide bonds. The molecule has 0 bridgehead atoms. The highest BCUT2D eigenvalue weighted by molar-refractivity contribution is 9.10. The predicted molar refractivity (Wildman–Crippen MR) is 103 cm³/mol. The molecule has 3 nitrogen and oxygen atoms in total. The van der Waals surface area contributed by atoms with Crippen LogP contribution in [0.2, 0.25) is 0 Å². The van der Waals surface area contributed by atoms with E-state index in [0.29, 0.717) is 6.61 Å². The van der Waals surface area contributed by atoms with Crippen LogP contribution in [0, 0.1) is 0 Å². The third-order valence-electron chi connectivity index (χ3n) is 3.36. The van der Waals surface area contributed by atoms with E-state index in [0.717, 1.165) is 27.0 Å². The van der Waals surface area contributed by atoms with Gasteiger partial charge in [0.05, 0.1) is 11.9 Å². The summed E-state index contributed by atoms with van der Waals surface area (Å²) in [5.41, 5.74) is 6.06. The van der Waals surface area contributed by atoms with Crippen molar-refractivity contribution in [3.63, 3.8) is 0 Å². The summed E-state index contributed by atoms with van der Waals surface area (Å²) < 4.78 is 6.90. The fourth-order valence-corrected chi connectivity index (χ4v) is 2.39. The van der Waals surface area contributed by atoms with Crippen molar-refractivity contribution in [2.75, 3.05) is 5.43 Å². The van der Waals surface area contributed by atoms with E-state index in [2.05, 4.69) is 26.5 Å². The van der Waals surface area contributed by atoms with Crippen molar-refractivity contribution in [1.29, 1.82) is 0 Å². The van der Waals surface area contributed by atoms with Crippen LogP contribution in [0.5, 0.6) is 5.75 Å². The molecule has 4 heteroatoms. The molecule has 3 aromatic carbocycles. The van der Waals surface area contributed by atoms with E-state index in [9.17, 15) is 0 Å². The molecule has 0 radical (unpaired) electrons. The fraction of sp³-hybridized carbons (Fsp3) is 0.0500. The van der Waals surface area contributed by atoms with Gasteiger partial charge >= 0.3 is 0 Å². The maximum absolute atomic E-state index is 5.84. The summed E-state index contributed by atoms with van der Waals surface area (Å²) in [6.45, 7) is 0.538. The Hall–Kier alpha value is -2.59. The van der Waals surface area contributed by atoms with E-state index in [1.165, 1.54) is 0 Å². The maximum Gasteiger partial charge on any atom is 0.120 e. The third kappa shape index (κ3) is 4.96. The van der Waals surface area contributed by atoms with Gasteiger partial charge in [0.1, 0.15) is 12.4 Å². The number of nitrogens with zero attached hydrogens (tertiary/aromatic N) is 1. The van der Waals surface area contributed by atoms with Crippen molar-refractivity contribution in [3.05, 3.63) is 94.5 Å². The molecule has 0 fully saturated rings. The average molecular weight is 381 g/mol. The maximum atomic E-state index is 5.84. The van der Waals surface area contributed by atoms with Crippen molar-refractivity contribution in [1.82, 2.24) is 0 Å². The molecule has 0 aliphatic heterocycles. The van der Waals surface area contributed by atoms with Crippen LogP contribution in [0.1, 0.15) is 11.1 Å². The molecule has 0 unspecified atom stereocenters. The van der Waals surface area contributed by atoms with Crippen molar-refractivity contribution in [3.8, 4) is 5.75 Å². The largest absolute Gasteiger partial charge is 0.489 e. The number of ether oxygens (including phenoxy) is 1. The van der Waals surface area contributed by atoms with E-state index in [1.807, 2.05) is 78.9 Å². The zero-order valence-electron chi connectivity index (χ0n) is 13.0. The van der Waals surface area contributed by atoms with E-state index < -0.39 is 0 Å². The highest BCUT2D eigenvalue weighted by Crippen LogP contribution is 2.16. The van der Waals surface area contributed by atoms with Gasteiger partial charge in [-0.25, -0.2) is 0 Å². The molecule has 0 aliphatic carbocycles. The lowest BCUT2D eigenvalue weighted by Crippen LogP contribution is -1.96. The zero-order valence-corrected chi connectivity index (χ0v) is 14.6. The van der Waals surface area contributed by atoms with E-state index in [1.54, 1.807) is 6.21 Å². The number of hydrogen-bond acceptors (Lipinski definition) is 3. The summed E-state index contributed by atoms with van der Waals surface area (Å²) in [7, 11) is 0. The predicted octanol–water partition coefficient (Wildman–Crippen LogP) is 5.47. The van der Waals surface area contributed by atoms with Crippen LogP contribution in [0.3, 0.4) is 0 Å². The van der Waals surface area contributed by atoms with Gasteiger partial charge in [-0.15, -0.1) is 0 Å². The molecule has 3 rings (SSSR count). The van der Waals surface area contributed by atoms with E-state index in [4.69, 9.17) is 4.74 Å². The number of rotatable bonds is 6. The molecule has 120 valence electrons. The molecule has 0 saturated carbocycles. The van der Waals surface area contributed by atoms with Gasteiger partial charge in [0.2, 0.25) is 0 Å². The first-order valence-corrected chi connectivity index (χ1v) is 8.40. The van der Waals surface area contributed by atoms with Crippen molar-refractivity contribution >= 4 is 27.8 Å². The smallest absolute Gasteiger partial charge is 0.120 e. The first-order valence-electron chi connectivity index (χ1n) is 7.61. The van der Waals surface area contributed by atoms with Gasteiger partial charge < -0.3 is 4.74 Å². The van der Waals surface area contributed by atoms with Gasteiger partial charge in [-0.1, -0.05) is 58.4 Å². The van der Waals surface area contributed by atoms with Crippen LogP contribution in [0.4, 0.5) is 5.69 Å². The number of anilines is 1. The average Bonchev–Trinajstić information content (AvgIpc) is 2.63. The van der Waals surface area contributed by atoms with Crippen molar-refractivity contribution in [2.45, 2.75) is 6.61 Å². The molecule has 0 atom stereocenters. The summed E-state index contributed by atoms with van der Waals surface area (Å²) in [4.78, 5) is 0. The molecule has 24 heavy (non-hydrogen) atoms. The van der Waals surface area contributed by atoms with Crippen molar-refractivity contribution < 1.29 is 4.74 Å². The second-order valence-electron chi connectivity index (χ2n) is 5.22. The highest BCUT2D eigenvalue weighted by Gasteiger charge is 1.98. The molecular weight excluding hydrogens is 364 g/mol. The minimum Gasteiger partial charge on any atom is -0.489 e. The lowest BCUT2D eigenvalue weighted by molar-refractivity contribution is 0.306. The van der Waals surface area contributed by atoms with E-state index >= 15 is 0 Å². The van der Waals surface area contributed by atoms with Crippen LogP contribution in [0.15, 0.2) is 88.4 Å². The number of para-hydroxylation sites is 1. The Morgan fingerprint density at radius 1 is 0.917 bits per heavy atom. The second-order valence-corrected chi connectivity index (χ2v) is 6.14. The van der Waals surface area contributed by atoms with Gasteiger partial charge in [0.25, 0.3) is 0 Å². The van der Waals surface area contributed by atoms with Gasteiger partial charge in [0, 0.05) is 4.47 Å². The van der Waals surface area contributed by atoms with Crippen LogP contribution in [-0.4, -0.2) is 6.21 Å². The summed E-state index contributed by atoms with van der Waals surface area (Å²) in [6.07, 6.45) is 1.78. The zero-order chi connectivity index (χ0) is 16.6. The Morgan fingerprint density at radius 2 is 1.71 bits per heavy atom. The molecule has 3 aromatic rings. The van der Waals surface area contributed by atoms with Gasteiger partial charge in [-0.05, 0) is 47.5 Å². The highest BCUT2D eigenvalue weighted by atomic mass is 79.9. The first-order chi connectivity index (χ1) is 11.8. The van der Waals surface area contributed by atoms with Crippen molar-refractivity contribution in [2.24, 2.45) is 5.10 Å². The topological polar surface area (TPSA) is 33.6 Å². The normalized spacial score (nSPS) is 10.7. The molecule has 0 spiro atoms. The van der Waals surface area contributed by atoms with Gasteiger partial charge in [-0.3, -0.25) is 5.43 Å². The monoisotopic (exact) mass is 380 g/mol. The Labute approximate surface area is 150 Å². The number of halogens is 1. The summed E-state index contributed by atoms with van der Waals surface area (Å²) >= 11 is 3.43. The molecule has 0 heterocycles. The van der Waals surface area contributed by atoms with Gasteiger partial charge in [-0.2, -0.15) is 5.10 Å². The summed E-state index contributed by atoms with van der Waals surface area (Å²) in [6, 6.07) is 25.8. The first kappa shape index (κ1) is 16.3. The molecule has 0 saturated heterocycles. The Balaban J connectivity index is 1.58. The Kier molecular flexibility index (Phi) is 5.64. The summed E-state index contributed by atoms with van der Waals surface area (Å²) in [5, 5.41) is 4.25. The molecule has 1 N–H and O–H groups in total.